The van der Waals surface area contributed by atoms with Crippen LogP contribution in [-0.2, 0) is 16.0 Å². The lowest BCUT2D eigenvalue weighted by Crippen LogP contribution is -2.28. The Morgan fingerprint density at radius 1 is 1.45 bits per heavy atom. The fourth-order valence-electron chi connectivity index (χ4n) is 1.72. The summed E-state index contributed by atoms with van der Waals surface area (Å²) < 4.78 is 5.14. The average Bonchev–Trinajstić information content (AvgIpc) is 2.36. The molecule has 22 heavy (non-hydrogen) atoms. The number of anilines is 1. The molecule has 0 spiro atoms. The molecule has 1 rings (SSSR count). The minimum Gasteiger partial charge on any atom is -0.481 e. The van der Waals surface area contributed by atoms with Crippen LogP contribution in [0.5, 0.6) is 0 Å². The van der Waals surface area contributed by atoms with Crippen molar-refractivity contribution >= 4 is 17.9 Å². The monoisotopic (exact) mass is 305 g/mol. The Bertz CT molecular complexity index is 627. The summed E-state index contributed by atoms with van der Waals surface area (Å²) in [6.07, 6.45) is -0.611. The molecule has 0 fully saturated rings. The molecule has 7 heteroatoms. The summed E-state index contributed by atoms with van der Waals surface area (Å²) in [5.41, 5.74) is 0.668. The highest BCUT2D eigenvalue weighted by molar-refractivity contribution is 5.85. The van der Waals surface area contributed by atoms with Crippen LogP contribution in [0.25, 0.3) is 0 Å². The molecular weight excluding hydrogens is 286 g/mol. The largest absolute Gasteiger partial charge is 0.481 e. The molecule has 7 nitrogen and oxygen atoms in total. The Hall–Kier alpha value is -2.62. The number of pyridine rings is 1. The Morgan fingerprint density at radius 3 is 2.59 bits per heavy atom. The number of aryl methyl sites for hydroxylation is 2. The third-order valence-corrected chi connectivity index (χ3v) is 2.63. The standard InChI is InChI=1S/C15H19N3O4/c1-9-7-10(5-6-12(19)20)13(17-11(9)8-16)18-14(21)22-15(2,3)4/h7H,5-6H2,1-4H3,(H,19,20)(H,17,18,21). The van der Waals surface area contributed by atoms with Crippen LogP contribution >= 0.6 is 0 Å². The van der Waals surface area contributed by atoms with E-state index < -0.39 is 17.7 Å². The summed E-state index contributed by atoms with van der Waals surface area (Å²) in [6, 6.07) is 3.58. The minimum atomic E-state index is -0.953. The highest BCUT2D eigenvalue weighted by atomic mass is 16.6. The second kappa shape index (κ2) is 6.89. The van der Waals surface area contributed by atoms with Gasteiger partial charge in [0.05, 0.1) is 0 Å². The van der Waals surface area contributed by atoms with Gasteiger partial charge in [-0.05, 0) is 51.3 Å². The summed E-state index contributed by atoms with van der Waals surface area (Å²) in [4.78, 5) is 26.6. The number of carbonyl (C=O) groups is 2. The maximum absolute atomic E-state index is 11.8. The lowest BCUT2D eigenvalue weighted by atomic mass is 10.1. The van der Waals surface area contributed by atoms with Gasteiger partial charge in [0.1, 0.15) is 23.2 Å². The van der Waals surface area contributed by atoms with Crippen LogP contribution in [-0.4, -0.2) is 27.8 Å². The van der Waals surface area contributed by atoms with E-state index in [0.29, 0.717) is 11.1 Å². The van der Waals surface area contributed by atoms with Crippen molar-refractivity contribution < 1.29 is 19.4 Å². The van der Waals surface area contributed by atoms with Gasteiger partial charge in [-0.2, -0.15) is 5.26 Å². The lowest BCUT2D eigenvalue weighted by molar-refractivity contribution is -0.136. The highest BCUT2D eigenvalue weighted by Crippen LogP contribution is 2.20. The number of nitrogens with zero attached hydrogens (tertiary/aromatic N) is 2. The molecule has 0 bridgehead atoms. The average molecular weight is 305 g/mol. The number of hydrogen-bond acceptors (Lipinski definition) is 5. The molecule has 0 aliphatic carbocycles. The van der Waals surface area contributed by atoms with Gasteiger partial charge in [0.2, 0.25) is 0 Å². The summed E-state index contributed by atoms with van der Waals surface area (Å²) in [6.45, 7) is 6.87. The fourth-order valence-corrected chi connectivity index (χ4v) is 1.72. The molecule has 1 aromatic heterocycles. The molecule has 0 radical (unpaired) electrons. The molecule has 0 aliphatic rings. The van der Waals surface area contributed by atoms with Crippen LogP contribution in [0, 0.1) is 18.3 Å². The Morgan fingerprint density at radius 2 is 2.09 bits per heavy atom. The molecule has 1 aromatic rings. The summed E-state index contributed by atoms with van der Waals surface area (Å²) in [5.74, 6) is -0.803. The van der Waals surface area contributed by atoms with Crippen LogP contribution in [0.3, 0.4) is 0 Å². The number of carboxylic acids is 1. The summed E-state index contributed by atoms with van der Waals surface area (Å²) in [5, 5.41) is 20.3. The first-order valence-electron chi connectivity index (χ1n) is 6.75. The van der Waals surface area contributed by atoms with Gasteiger partial charge in [-0.15, -0.1) is 0 Å². The van der Waals surface area contributed by atoms with Gasteiger partial charge in [-0.25, -0.2) is 9.78 Å². The van der Waals surface area contributed by atoms with Crippen molar-refractivity contribution in [1.82, 2.24) is 4.98 Å². The van der Waals surface area contributed by atoms with Crippen LogP contribution < -0.4 is 5.32 Å². The third kappa shape index (κ3) is 5.40. The minimum absolute atomic E-state index is 0.101. The topological polar surface area (TPSA) is 112 Å². The molecule has 0 aromatic carbocycles. The maximum Gasteiger partial charge on any atom is 0.413 e. The number of nitriles is 1. The molecule has 0 unspecified atom stereocenters. The van der Waals surface area contributed by atoms with Gasteiger partial charge in [-0.3, -0.25) is 10.1 Å². The van der Waals surface area contributed by atoms with Gasteiger partial charge in [0, 0.05) is 6.42 Å². The number of aromatic nitrogens is 1. The summed E-state index contributed by atoms with van der Waals surface area (Å²) >= 11 is 0. The number of nitrogens with one attached hydrogen (secondary N) is 1. The van der Waals surface area contributed by atoms with E-state index >= 15 is 0 Å². The molecule has 0 aliphatic heterocycles. The molecule has 0 saturated carbocycles. The van der Waals surface area contributed by atoms with Crippen LogP contribution in [0.15, 0.2) is 6.07 Å². The van der Waals surface area contributed by atoms with Gasteiger partial charge in [0.15, 0.2) is 0 Å². The first-order chi connectivity index (χ1) is 10.1. The van der Waals surface area contributed by atoms with Gasteiger partial charge >= 0.3 is 12.1 Å². The molecule has 118 valence electrons. The highest BCUT2D eigenvalue weighted by Gasteiger charge is 2.19. The van der Waals surface area contributed by atoms with Crippen molar-refractivity contribution in [3.05, 3.63) is 22.9 Å². The molecule has 0 saturated heterocycles. The third-order valence-electron chi connectivity index (χ3n) is 2.63. The first kappa shape index (κ1) is 17.4. The zero-order chi connectivity index (χ0) is 16.9. The van der Waals surface area contributed by atoms with E-state index in [1.807, 2.05) is 6.07 Å². The number of aliphatic carboxylic acids is 1. The van der Waals surface area contributed by atoms with E-state index in [0.717, 1.165) is 0 Å². The molecule has 2 N–H and O–H groups in total. The number of amides is 1. The predicted molar refractivity (Wildman–Crippen MR) is 79.5 cm³/mol. The number of carbonyl (C=O) groups excluding carboxylic acids is 1. The summed E-state index contributed by atoms with van der Waals surface area (Å²) in [7, 11) is 0. The quantitative estimate of drug-likeness (QED) is 0.884. The van der Waals surface area contributed by atoms with Crippen LogP contribution in [0.4, 0.5) is 10.6 Å². The maximum atomic E-state index is 11.8. The number of hydrogen-bond donors (Lipinski definition) is 2. The van der Waals surface area contributed by atoms with Crippen molar-refractivity contribution in [3.63, 3.8) is 0 Å². The van der Waals surface area contributed by atoms with Crippen molar-refractivity contribution in [3.8, 4) is 6.07 Å². The molecule has 1 amide bonds. The van der Waals surface area contributed by atoms with Crippen LogP contribution in [0.2, 0.25) is 0 Å². The van der Waals surface area contributed by atoms with E-state index in [4.69, 9.17) is 15.1 Å². The molecule has 0 atom stereocenters. The zero-order valence-corrected chi connectivity index (χ0v) is 13.1. The Balaban J connectivity index is 3.06. The van der Waals surface area contributed by atoms with E-state index in [9.17, 15) is 9.59 Å². The van der Waals surface area contributed by atoms with Gasteiger partial charge in [-0.1, -0.05) is 0 Å². The van der Waals surface area contributed by atoms with E-state index in [-0.39, 0.29) is 24.4 Å². The molecule has 1 heterocycles. The number of rotatable bonds is 4. The number of ether oxygens (including phenoxy) is 1. The van der Waals surface area contributed by atoms with E-state index in [1.165, 1.54) is 0 Å². The normalized spacial score (nSPS) is 10.7. The van der Waals surface area contributed by atoms with Gasteiger partial charge < -0.3 is 9.84 Å². The Labute approximate surface area is 128 Å². The van der Waals surface area contributed by atoms with Crippen molar-refractivity contribution in [2.75, 3.05) is 5.32 Å². The van der Waals surface area contributed by atoms with Crippen molar-refractivity contribution in [2.45, 2.75) is 46.1 Å². The SMILES string of the molecule is Cc1cc(CCC(=O)O)c(NC(=O)OC(C)(C)C)nc1C#N. The zero-order valence-electron chi connectivity index (χ0n) is 13.1. The van der Waals surface area contributed by atoms with E-state index in [2.05, 4.69) is 10.3 Å². The fraction of sp³-hybridized carbons (Fsp3) is 0.467. The second-order valence-electron chi connectivity index (χ2n) is 5.79. The Kier molecular flexibility index (Phi) is 5.46. The first-order valence-corrected chi connectivity index (χ1v) is 6.75. The van der Waals surface area contributed by atoms with Crippen molar-refractivity contribution in [2.24, 2.45) is 0 Å². The lowest BCUT2D eigenvalue weighted by Gasteiger charge is -2.20. The molecular formula is C15H19N3O4. The smallest absolute Gasteiger partial charge is 0.413 e. The number of carboxylic acid groups (broad SMARTS) is 1. The van der Waals surface area contributed by atoms with Crippen molar-refractivity contribution in [1.29, 1.82) is 5.26 Å². The van der Waals surface area contributed by atoms with Crippen LogP contribution in [0.1, 0.15) is 44.0 Å². The predicted octanol–water partition coefficient (Wildman–Crippen LogP) is 2.63. The second-order valence-corrected chi connectivity index (χ2v) is 5.79. The van der Waals surface area contributed by atoms with E-state index in [1.54, 1.807) is 33.8 Å². The van der Waals surface area contributed by atoms with Gasteiger partial charge in [0.25, 0.3) is 0 Å².